The van der Waals surface area contributed by atoms with Crippen LogP contribution in [-0.4, -0.2) is 66.2 Å². The van der Waals surface area contributed by atoms with Crippen molar-refractivity contribution >= 4 is 11.8 Å². The second kappa shape index (κ2) is 6.08. The number of likely N-dealkylation sites (N-methyl/N-ethyl adjacent to an activating group) is 1. The number of aromatic nitrogens is 1. The van der Waals surface area contributed by atoms with E-state index in [1.807, 2.05) is 11.8 Å². The molecule has 1 aromatic heterocycles. The molecule has 0 unspecified atom stereocenters. The van der Waals surface area contributed by atoms with Crippen molar-refractivity contribution in [3.8, 4) is 0 Å². The molecule has 2 saturated heterocycles. The van der Waals surface area contributed by atoms with Gasteiger partial charge < -0.3 is 19.1 Å². The second-order valence-corrected chi connectivity index (χ2v) is 6.09. The molecular formula is C15H21N3O4. The van der Waals surface area contributed by atoms with Crippen LogP contribution in [0.2, 0.25) is 0 Å². The average molecular weight is 307 g/mol. The van der Waals surface area contributed by atoms with Crippen LogP contribution in [0.3, 0.4) is 0 Å². The lowest BCUT2D eigenvalue weighted by Gasteiger charge is -2.41. The first kappa shape index (κ1) is 15.0. The van der Waals surface area contributed by atoms with Crippen LogP contribution in [0.1, 0.15) is 17.9 Å². The molecule has 3 heterocycles. The summed E-state index contributed by atoms with van der Waals surface area (Å²) in [6.45, 7) is 3.80. The molecule has 3 rings (SSSR count). The van der Waals surface area contributed by atoms with Crippen molar-refractivity contribution in [2.75, 3.05) is 33.4 Å². The summed E-state index contributed by atoms with van der Waals surface area (Å²) in [6, 6.07) is 1.81. The van der Waals surface area contributed by atoms with Gasteiger partial charge in [0.1, 0.15) is 12.4 Å². The summed E-state index contributed by atoms with van der Waals surface area (Å²) >= 11 is 0. The van der Waals surface area contributed by atoms with Crippen LogP contribution < -0.4 is 0 Å². The lowest BCUT2D eigenvalue weighted by atomic mass is 9.91. The zero-order valence-electron chi connectivity index (χ0n) is 12.9. The van der Waals surface area contributed by atoms with E-state index in [4.69, 9.17) is 9.26 Å². The highest BCUT2D eigenvalue weighted by Crippen LogP contribution is 2.25. The van der Waals surface area contributed by atoms with Gasteiger partial charge in [0.05, 0.1) is 24.8 Å². The van der Waals surface area contributed by atoms with Gasteiger partial charge >= 0.3 is 0 Å². The Bertz CT molecular complexity index is 571. The van der Waals surface area contributed by atoms with Crippen molar-refractivity contribution in [2.24, 2.45) is 5.92 Å². The fourth-order valence-electron chi connectivity index (χ4n) is 3.18. The lowest BCUT2D eigenvalue weighted by Crippen LogP contribution is -2.54. The maximum absolute atomic E-state index is 12.4. The molecule has 2 aliphatic rings. The number of hydrogen-bond acceptors (Lipinski definition) is 5. The Hall–Kier alpha value is -1.89. The van der Waals surface area contributed by atoms with Crippen molar-refractivity contribution in [1.29, 1.82) is 0 Å². The summed E-state index contributed by atoms with van der Waals surface area (Å²) in [5.74, 6) is 0.875. The number of carbonyl (C=O) groups excluding carboxylic acids is 2. The Morgan fingerprint density at radius 1 is 1.50 bits per heavy atom. The molecule has 120 valence electrons. The summed E-state index contributed by atoms with van der Waals surface area (Å²) in [4.78, 5) is 27.9. The predicted molar refractivity (Wildman–Crippen MR) is 77.0 cm³/mol. The largest absolute Gasteiger partial charge is 0.371 e. The molecule has 0 spiro atoms. The van der Waals surface area contributed by atoms with Crippen molar-refractivity contribution < 1.29 is 18.8 Å². The molecule has 22 heavy (non-hydrogen) atoms. The highest BCUT2D eigenvalue weighted by Gasteiger charge is 2.37. The van der Waals surface area contributed by atoms with Gasteiger partial charge in [0.25, 0.3) is 0 Å². The number of amides is 2. The third-order valence-electron chi connectivity index (χ3n) is 4.52. The third-order valence-corrected chi connectivity index (χ3v) is 4.52. The fraction of sp³-hybridized carbons (Fsp3) is 0.667. The van der Waals surface area contributed by atoms with E-state index in [0.29, 0.717) is 31.4 Å². The summed E-state index contributed by atoms with van der Waals surface area (Å²) in [5.41, 5.74) is 0.771. The number of piperidine rings is 1. The minimum absolute atomic E-state index is 0.0145. The molecule has 2 fully saturated rings. The van der Waals surface area contributed by atoms with Gasteiger partial charge in [-0.05, 0) is 13.3 Å². The maximum Gasteiger partial charge on any atom is 0.248 e. The minimum Gasteiger partial charge on any atom is -0.371 e. The van der Waals surface area contributed by atoms with Crippen molar-refractivity contribution in [3.63, 3.8) is 0 Å². The minimum atomic E-state index is -0.0207. The van der Waals surface area contributed by atoms with Crippen LogP contribution in [0.5, 0.6) is 0 Å². The molecule has 0 saturated carbocycles. The molecule has 0 aliphatic carbocycles. The van der Waals surface area contributed by atoms with Gasteiger partial charge in [-0.25, -0.2) is 0 Å². The van der Waals surface area contributed by atoms with E-state index in [1.54, 1.807) is 18.0 Å². The number of likely N-dealkylation sites (tertiary alicyclic amines) is 1. The van der Waals surface area contributed by atoms with Gasteiger partial charge in [0.2, 0.25) is 11.8 Å². The quantitative estimate of drug-likeness (QED) is 0.782. The number of hydrogen-bond donors (Lipinski definition) is 0. The molecule has 2 aliphatic heterocycles. The standard InChI is InChI=1S/C15H21N3O4/c1-10-5-12(22-16-10)6-14(19)18-4-3-11-8-21-9-15(20)17(2)13(11)7-18/h5,11,13H,3-4,6-9H2,1-2H3/t11-,13-/m0/s1. The second-order valence-electron chi connectivity index (χ2n) is 6.09. The predicted octanol–water partition coefficient (Wildman–Crippen LogP) is 0.231. The van der Waals surface area contributed by atoms with Crippen molar-refractivity contribution in [3.05, 3.63) is 17.5 Å². The Kier molecular flexibility index (Phi) is 4.15. The molecular weight excluding hydrogens is 286 g/mol. The van der Waals surface area contributed by atoms with Gasteiger partial charge in [-0.2, -0.15) is 0 Å². The Morgan fingerprint density at radius 2 is 2.32 bits per heavy atom. The van der Waals surface area contributed by atoms with E-state index in [0.717, 1.165) is 12.1 Å². The van der Waals surface area contributed by atoms with Gasteiger partial charge in [0.15, 0.2) is 0 Å². The highest BCUT2D eigenvalue weighted by molar-refractivity contribution is 5.79. The van der Waals surface area contributed by atoms with E-state index >= 15 is 0 Å². The van der Waals surface area contributed by atoms with Crippen LogP contribution in [0.15, 0.2) is 10.6 Å². The van der Waals surface area contributed by atoms with E-state index in [2.05, 4.69) is 5.16 Å². The Morgan fingerprint density at radius 3 is 3.05 bits per heavy atom. The van der Waals surface area contributed by atoms with Crippen LogP contribution in [0.4, 0.5) is 0 Å². The molecule has 0 radical (unpaired) electrons. The molecule has 7 heteroatoms. The zero-order chi connectivity index (χ0) is 15.7. The monoisotopic (exact) mass is 307 g/mol. The number of carbonyl (C=O) groups is 2. The number of fused-ring (bicyclic) bond motifs is 1. The van der Waals surface area contributed by atoms with E-state index < -0.39 is 0 Å². The van der Waals surface area contributed by atoms with Crippen LogP contribution in [-0.2, 0) is 20.7 Å². The molecule has 1 aromatic rings. The first-order chi connectivity index (χ1) is 10.5. The SMILES string of the molecule is Cc1cc(CC(=O)N2CC[C@H]3COCC(=O)N(C)[C@H]3C2)on1. The van der Waals surface area contributed by atoms with Crippen LogP contribution in [0, 0.1) is 12.8 Å². The number of rotatable bonds is 2. The highest BCUT2D eigenvalue weighted by atomic mass is 16.5. The molecule has 2 atom stereocenters. The van der Waals surface area contributed by atoms with Gasteiger partial charge in [-0.15, -0.1) is 0 Å². The van der Waals surface area contributed by atoms with Crippen molar-refractivity contribution in [2.45, 2.75) is 25.8 Å². The normalized spacial score (nSPS) is 25.8. The lowest BCUT2D eigenvalue weighted by molar-refractivity contribution is -0.139. The summed E-state index contributed by atoms with van der Waals surface area (Å²) in [5, 5.41) is 3.80. The Balaban J connectivity index is 1.66. The molecule has 0 N–H and O–H groups in total. The van der Waals surface area contributed by atoms with E-state index in [9.17, 15) is 9.59 Å². The van der Waals surface area contributed by atoms with Crippen LogP contribution >= 0.6 is 0 Å². The van der Waals surface area contributed by atoms with Gasteiger partial charge in [-0.3, -0.25) is 9.59 Å². The van der Waals surface area contributed by atoms with E-state index in [-0.39, 0.29) is 30.9 Å². The first-order valence-corrected chi connectivity index (χ1v) is 7.58. The topological polar surface area (TPSA) is 75.9 Å². The average Bonchev–Trinajstić information content (AvgIpc) is 2.85. The van der Waals surface area contributed by atoms with Gasteiger partial charge in [0, 0.05) is 32.1 Å². The smallest absolute Gasteiger partial charge is 0.248 e. The maximum atomic E-state index is 12.4. The summed E-state index contributed by atoms with van der Waals surface area (Å²) < 4.78 is 10.5. The molecule has 2 amide bonds. The number of aryl methyl sites for hydroxylation is 1. The van der Waals surface area contributed by atoms with Crippen molar-refractivity contribution in [1.82, 2.24) is 15.0 Å². The van der Waals surface area contributed by atoms with Gasteiger partial charge in [-0.1, -0.05) is 5.16 Å². The summed E-state index contributed by atoms with van der Waals surface area (Å²) in [6.07, 6.45) is 1.07. The first-order valence-electron chi connectivity index (χ1n) is 7.58. The number of ether oxygens (including phenoxy) is 1. The summed E-state index contributed by atoms with van der Waals surface area (Å²) in [7, 11) is 1.79. The fourth-order valence-corrected chi connectivity index (χ4v) is 3.18. The Labute approximate surface area is 129 Å². The third kappa shape index (κ3) is 2.99. The zero-order valence-corrected chi connectivity index (χ0v) is 12.9. The molecule has 0 bridgehead atoms. The van der Waals surface area contributed by atoms with Crippen LogP contribution in [0.25, 0.3) is 0 Å². The molecule has 7 nitrogen and oxygen atoms in total. The number of nitrogens with zero attached hydrogens (tertiary/aromatic N) is 3. The molecule has 0 aromatic carbocycles. The van der Waals surface area contributed by atoms with E-state index in [1.165, 1.54) is 0 Å².